The summed E-state index contributed by atoms with van der Waals surface area (Å²) in [6.45, 7) is 7.12. The summed E-state index contributed by atoms with van der Waals surface area (Å²) < 4.78 is 0. The average molecular weight is 282 g/mol. The predicted octanol–water partition coefficient (Wildman–Crippen LogP) is 2.98. The highest BCUT2D eigenvalue weighted by molar-refractivity contribution is 6.32. The zero-order valence-corrected chi connectivity index (χ0v) is 12.1. The van der Waals surface area contributed by atoms with Gasteiger partial charge in [-0.15, -0.1) is 0 Å². The van der Waals surface area contributed by atoms with E-state index in [1.54, 1.807) is 6.20 Å². The highest BCUT2D eigenvalue weighted by atomic mass is 35.5. The number of aliphatic hydroxyl groups is 1. The molecule has 19 heavy (non-hydrogen) atoms. The summed E-state index contributed by atoms with van der Waals surface area (Å²) in [7, 11) is 0. The highest BCUT2D eigenvalue weighted by Crippen LogP contribution is 2.29. The smallest absolute Gasteiger partial charge is 0.0816 e. The van der Waals surface area contributed by atoms with Crippen LogP contribution in [0.25, 0.3) is 10.9 Å². The number of hydrogen-bond donors (Lipinski definition) is 2. The molecular formula is C14H20ClN3O. The first-order valence-corrected chi connectivity index (χ1v) is 7.06. The fourth-order valence-electron chi connectivity index (χ4n) is 2.24. The number of rotatable bonds is 6. The Morgan fingerprint density at radius 3 is 2.79 bits per heavy atom. The fourth-order valence-corrected chi connectivity index (χ4v) is 2.53. The van der Waals surface area contributed by atoms with Gasteiger partial charge in [0.25, 0.3) is 0 Å². The van der Waals surface area contributed by atoms with Crippen molar-refractivity contribution in [2.24, 2.45) is 0 Å². The lowest BCUT2D eigenvalue weighted by atomic mass is 10.0. The van der Waals surface area contributed by atoms with Gasteiger partial charge in [-0.2, -0.15) is 5.10 Å². The molecule has 2 N–H and O–H groups in total. The summed E-state index contributed by atoms with van der Waals surface area (Å²) in [6, 6.07) is 3.73. The van der Waals surface area contributed by atoms with Crippen LogP contribution >= 0.6 is 11.6 Å². The van der Waals surface area contributed by atoms with Gasteiger partial charge in [-0.25, -0.2) is 0 Å². The molecule has 0 saturated carbocycles. The summed E-state index contributed by atoms with van der Waals surface area (Å²) in [5.74, 6) is 0. The SMILES string of the molecule is CCN(CC)CCC(O)c1cc2cn[nH]c2cc1Cl. The van der Waals surface area contributed by atoms with Crippen molar-refractivity contribution in [1.82, 2.24) is 15.1 Å². The van der Waals surface area contributed by atoms with Crippen molar-refractivity contribution >= 4 is 22.5 Å². The Hall–Kier alpha value is -1.10. The minimum absolute atomic E-state index is 0.535. The van der Waals surface area contributed by atoms with Crippen molar-refractivity contribution in [3.63, 3.8) is 0 Å². The van der Waals surface area contributed by atoms with E-state index in [0.29, 0.717) is 11.4 Å². The fraction of sp³-hybridized carbons (Fsp3) is 0.500. The monoisotopic (exact) mass is 281 g/mol. The van der Waals surface area contributed by atoms with E-state index in [-0.39, 0.29) is 0 Å². The van der Waals surface area contributed by atoms with Crippen LogP contribution in [0.3, 0.4) is 0 Å². The first kappa shape index (κ1) is 14.3. The van der Waals surface area contributed by atoms with Gasteiger partial charge in [0.05, 0.1) is 17.8 Å². The van der Waals surface area contributed by atoms with Crippen LogP contribution in [0.5, 0.6) is 0 Å². The molecule has 0 aliphatic heterocycles. The third kappa shape index (κ3) is 3.26. The van der Waals surface area contributed by atoms with Crippen molar-refractivity contribution in [2.75, 3.05) is 19.6 Å². The largest absolute Gasteiger partial charge is 0.388 e. The maximum Gasteiger partial charge on any atom is 0.0816 e. The molecular weight excluding hydrogens is 262 g/mol. The molecule has 0 aliphatic rings. The lowest BCUT2D eigenvalue weighted by molar-refractivity contribution is 0.145. The molecule has 0 aliphatic carbocycles. The van der Waals surface area contributed by atoms with Crippen molar-refractivity contribution < 1.29 is 5.11 Å². The van der Waals surface area contributed by atoms with Crippen LogP contribution in [0.4, 0.5) is 0 Å². The molecule has 0 saturated heterocycles. The first-order chi connectivity index (χ1) is 9.15. The Labute approximate surface area is 118 Å². The zero-order chi connectivity index (χ0) is 13.8. The molecule has 0 radical (unpaired) electrons. The predicted molar refractivity (Wildman–Crippen MR) is 78.5 cm³/mol. The lowest BCUT2D eigenvalue weighted by Gasteiger charge is -2.20. The van der Waals surface area contributed by atoms with Crippen LogP contribution in [-0.2, 0) is 0 Å². The van der Waals surface area contributed by atoms with Crippen LogP contribution in [-0.4, -0.2) is 39.8 Å². The zero-order valence-electron chi connectivity index (χ0n) is 11.4. The Balaban J connectivity index is 2.11. The lowest BCUT2D eigenvalue weighted by Crippen LogP contribution is -2.25. The maximum absolute atomic E-state index is 10.3. The molecule has 1 aromatic carbocycles. The summed E-state index contributed by atoms with van der Waals surface area (Å²) >= 11 is 6.22. The molecule has 1 aromatic heterocycles. The number of H-pyrrole nitrogens is 1. The second-order valence-corrected chi connectivity index (χ2v) is 5.07. The van der Waals surface area contributed by atoms with Crippen molar-refractivity contribution in [3.8, 4) is 0 Å². The van der Waals surface area contributed by atoms with Crippen LogP contribution in [0.2, 0.25) is 5.02 Å². The van der Waals surface area contributed by atoms with Gasteiger partial charge in [0.2, 0.25) is 0 Å². The summed E-state index contributed by atoms with van der Waals surface area (Å²) in [4.78, 5) is 2.29. The van der Waals surface area contributed by atoms with Gasteiger partial charge in [0.15, 0.2) is 0 Å². The van der Waals surface area contributed by atoms with Crippen molar-refractivity contribution in [2.45, 2.75) is 26.4 Å². The molecule has 4 nitrogen and oxygen atoms in total. The van der Waals surface area contributed by atoms with E-state index in [2.05, 4.69) is 28.9 Å². The van der Waals surface area contributed by atoms with Gasteiger partial charge >= 0.3 is 0 Å². The topological polar surface area (TPSA) is 52.1 Å². The second-order valence-electron chi connectivity index (χ2n) is 4.66. The number of halogens is 1. The van der Waals surface area contributed by atoms with Gasteiger partial charge < -0.3 is 10.0 Å². The number of nitrogens with zero attached hydrogens (tertiary/aromatic N) is 2. The number of hydrogen-bond acceptors (Lipinski definition) is 3. The number of aromatic nitrogens is 2. The van der Waals surface area contributed by atoms with Crippen LogP contribution < -0.4 is 0 Å². The average Bonchev–Trinajstić information content (AvgIpc) is 2.85. The molecule has 1 unspecified atom stereocenters. The Bertz CT molecular complexity index is 536. The number of benzene rings is 1. The maximum atomic E-state index is 10.3. The van der Waals surface area contributed by atoms with E-state index < -0.39 is 6.10 Å². The minimum Gasteiger partial charge on any atom is -0.388 e. The number of fused-ring (bicyclic) bond motifs is 1. The summed E-state index contributed by atoms with van der Waals surface area (Å²) in [5.41, 5.74) is 1.67. The summed E-state index contributed by atoms with van der Waals surface area (Å²) in [6.07, 6.45) is 1.89. The van der Waals surface area contributed by atoms with E-state index >= 15 is 0 Å². The molecule has 0 fully saturated rings. The molecule has 1 atom stereocenters. The van der Waals surface area contributed by atoms with E-state index in [9.17, 15) is 5.11 Å². The van der Waals surface area contributed by atoms with Crippen molar-refractivity contribution in [3.05, 3.63) is 28.9 Å². The normalized spacial score (nSPS) is 13.3. The van der Waals surface area contributed by atoms with Gasteiger partial charge in [0, 0.05) is 17.0 Å². The quantitative estimate of drug-likeness (QED) is 0.856. The van der Waals surface area contributed by atoms with Crippen LogP contribution in [0.1, 0.15) is 31.9 Å². The second kappa shape index (κ2) is 6.37. The molecule has 2 aromatic rings. The van der Waals surface area contributed by atoms with E-state index in [0.717, 1.165) is 36.1 Å². The molecule has 104 valence electrons. The molecule has 0 amide bonds. The molecule has 0 bridgehead atoms. The van der Waals surface area contributed by atoms with Gasteiger partial charge in [-0.3, -0.25) is 5.10 Å². The van der Waals surface area contributed by atoms with Gasteiger partial charge in [-0.05, 0) is 37.2 Å². The van der Waals surface area contributed by atoms with Crippen LogP contribution in [0.15, 0.2) is 18.3 Å². The van der Waals surface area contributed by atoms with E-state index in [4.69, 9.17) is 11.6 Å². The molecule has 0 spiro atoms. The first-order valence-electron chi connectivity index (χ1n) is 6.68. The number of nitrogens with one attached hydrogen (secondary N) is 1. The van der Waals surface area contributed by atoms with Crippen molar-refractivity contribution in [1.29, 1.82) is 0 Å². The number of aliphatic hydroxyl groups excluding tert-OH is 1. The minimum atomic E-state index is -0.535. The van der Waals surface area contributed by atoms with E-state index in [1.165, 1.54) is 0 Å². The van der Waals surface area contributed by atoms with Gasteiger partial charge in [0.1, 0.15) is 0 Å². The Morgan fingerprint density at radius 2 is 2.11 bits per heavy atom. The van der Waals surface area contributed by atoms with E-state index in [1.807, 2.05) is 12.1 Å². The standard InChI is InChI=1S/C14H20ClN3O/c1-3-18(4-2)6-5-14(19)11-7-10-9-16-17-13(10)8-12(11)15/h7-9,14,19H,3-6H2,1-2H3,(H,16,17). The molecule has 1 heterocycles. The third-order valence-corrected chi connectivity index (χ3v) is 3.86. The van der Waals surface area contributed by atoms with Crippen LogP contribution in [0, 0.1) is 0 Å². The Kier molecular flexibility index (Phi) is 4.80. The number of aromatic amines is 1. The van der Waals surface area contributed by atoms with Gasteiger partial charge in [-0.1, -0.05) is 25.4 Å². The molecule has 2 rings (SSSR count). The molecule has 5 heteroatoms. The third-order valence-electron chi connectivity index (χ3n) is 3.53. The highest BCUT2D eigenvalue weighted by Gasteiger charge is 2.14. The summed E-state index contributed by atoms with van der Waals surface area (Å²) in [5, 5.41) is 18.7. The Morgan fingerprint density at radius 1 is 1.37 bits per heavy atom.